The molecule has 1 amide bonds. The molecule has 0 saturated heterocycles. The summed E-state index contributed by atoms with van der Waals surface area (Å²) in [6.45, 7) is 4.48. The Bertz CT molecular complexity index is 552. The highest BCUT2D eigenvalue weighted by Crippen LogP contribution is 2.34. The fourth-order valence-electron chi connectivity index (χ4n) is 2.29. The second-order valence-electron chi connectivity index (χ2n) is 6.12. The van der Waals surface area contributed by atoms with Crippen LogP contribution in [-0.2, 0) is 11.2 Å². The molecule has 22 heavy (non-hydrogen) atoms. The molecule has 0 unspecified atom stereocenters. The smallest absolute Gasteiger partial charge is 0.211 e. The van der Waals surface area contributed by atoms with E-state index in [4.69, 9.17) is 0 Å². The summed E-state index contributed by atoms with van der Waals surface area (Å²) in [4.78, 5) is 17.0. The van der Waals surface area contributed by atoms with E-state index in [0.29, 0.717) is 12.3 Å². The molecule has 4 heteroatoms. The van der Waals surface area contributed by atoms with Crippen LogP contribution in [0.25, 0.3) is 0 Å². The summed E-state index contributed by atoms with van der Waals surface area (Å²) in [5.74, 6) is 1.64. The molecule has 0 atom stereocenters. The van der Waals surface area contributed by atoms with Gasteiger partial charge in [0, 0.05) is 25.1 Å². The maximum Gasteiger partial charge on any atom is 0.211 e. The lowest BCUT2D eigenvalue weighted by atomic mass is 10.0. The van der Waals surface area contributed by atoms with Crippen molar-refractivity contribution in [2.45, 2.75) is 39.5 Å². The number of pyridine rings is 1. The van der Waals surface area contributed by atoms with E-state index in [1.54, 1.807) is 6.20 Å². The lowest BCUT2D eigenvalue weighted by molar-refractivity contribution is -0.108. The highest BCUT2D eigenvalue weighted by molar-refractivity contribution is 5.54. The number of rotatable bonds is 8. The molecule has 0 radical (unpaired) electrons. The lowest BCUT2D eigenvalue weighted by Crippen LogP contribution is -2.17. The molecular weight excluding hydrogens is 274 g/mol. The zero-order chi connectivity index (χ0) is 15.9. The molecule has 0 aromatic carbocycles. The summed E-state index contributed by atoms with van der Waals surface area (Å²) in [6.07, 6.45) is 10.8. The van der Waals surface area contributed by atoms with E-state index in [2.05, 4.69) is 41.2 Å². The zero-order valence-electron chi connectivity index (χ0n) is 13.7. The Balaban J connectivity index is 2.06. The van der Waals surface area contributed by atoms with Gasteiger partial charge in [-0.25, -0.2) is 4.98 Å². The van der Waals surface area contributed by atoms with Gasteiger partial charge in [0.15, 0.2) is 0 Å². The lowest BCUT2D eigenvalue weighted by Gasteiger charge is -2.20. The average molecular weight is 299 g/mol. The predicted octanol–water partition coefficient (Wildman–Crippen LogP) is 3.41. The van der Waals surface area contributed by atoms with Gasteiger partial charge in [-0.05, 0) is 54.9 Å². The summed E-state index contributed by atoms with van der Waals surface area (Å²) in [7, 11) is 2.02. The van der Waals surface area contributed by atoms with Crippen molar-refractivity contribution in [2.24, 2.45) is 5.92 Å². The van der Waals surface area contributed by atoms with Gasteiger partial charge in [-0.1, -0.05) is 19.9 Å². The van der Waals surface area contributed by atoms with Crippen molar-refractivity contribution in [1.82, 2.24) is 10.3 Å². The highest BCUT2D eigenvalue weighted by atomic mass is 16.1. The van der Waals surface area contributed by atoms with Crippen molar-refractivity contribution >= 4 is 12.2 Å². The summed E-state index contributed by atoms with van der Waals surface area (Å²) < 4.78 is 0. The number of hydrogen-bond donors (Lipinski definition) is 1. The van der Waals surface area contributed by atoms with Crippen molar-refractivity contribution in [3.05, 3.63) is 47.4 Å². The van der Waals surface area contributed by atoms with Crippen LogP contribution in [0.2, 0.25) is 0 Å². The number of amides is 1. The maximum atomic E-state index is 10.4. The number of carbonyl (C=O) groups is 1. The SMILES string of the molecule is CC(C)CCc1ccc(N(C)C(/C=C\NC=O)=C2CC2)nc1. The first-order chi connectivity index (χ1) is 10.6. The third-order valence-electron chi connectivity index (χ3n) is 3.79. The highest BCUT2D eigenvalue weighted by Gasteiger charge is 2.20. The van der Waals surface area contributed by atoms with E-state index in [1.165, 1.54) is 17.6 Å². The Morgan fingerprint density at radius 2 is 2.18 bits per heavy atom. The zero-order valence-corrected chi connectivity index (χ0v) is 13.7. The average Bonchev–Trinajstić information content (AvgIpc) is 3.34. The Kier molecular flexibility index (Phi) is 5.75. The van der Waals surface area contributed by atoms with Crippen LogP contribution in [0, 0.1) is 5.92 Å². The van der Waals surface area contributed by atoms with Crippen molar-refractivity contribution in [2.75, 3.05) is 11.9 Å². The van der Waals surface area contributed by atoms with Crippen LogP contribution in [0.15, 0.2) is 41.9 Å². The molecule has 1 aliphatic carbocycles. The van der Waals surface area contributed by atoms with Gasteiger partial charge in [0.2, 0.25) is 6.41 Å². The van der Waals surface area contributed by atoms with Gasteiger partial charge in [0.25, 0.3) is 0 Å². The molecule has 0 bridgehead atoms. The van der Waals surface area contributed by atoms with Crippen LogP contribution in [0.4, 0.5) is 5.82 Å². The minimum atomic E-state index is 0.674. The van der Waals surface area contributed by atoms with E-state index in [0.717, 1.165) is 30.8 Å². The molecule has 4 nitrogen and oxygen atoms in total. The molecule has 1 N–H and O–H groups in total. The monoisotopic (exact) mass is 299 g/mol. The largest absolute Gasteiger partial charge is 0.335 e. The summed E-state index contributed by atoms with van der Waals surface area (Å²) >= 11 is 0. The minimum Gasteiger partial charge on any atom is -0.335 e. The van der Waals surface area contributed by atoms with Gasteiger partial charge in [0.1, 0.15) is 5.82 Å². The normalized spacial score (nSPS) is 13.5. The number of hydrogen-bond acceptors (Lipinski definition) is 3. The number of anilines is 1. The molecular formula is C18H25N3O. The van der Waals surface area contributed by atoms with Crippen LogP contribution in [0.5, 0.6) is 0 Å². The second-order valence-corrected chi connectivity index (χ2v) is 6.12. The Morgan fingerprint density at radius 1 is 1.41 bits per heavy atom. The number of aromatic nitrogens is 1. The van der Waals surface area contributed by atoms with Crippen molar-refractivity contribution in [3.8, 4) is 0 Å². The molecule has 1 saturated carbocycles. The molecule has 118 valence electrons. The standard InChI is InChI=1S/C18H25N3O/c1-14(2)4-5-15-6-9-18(20-12-15)21(3)17(16-7-8-16)10-11-19-13-22/h6,9-14H,4-5,7-8H2,1-3H3,(H,19,22)/b11-10-. The van der Waals surface area contributed by atoms with E-state index in [1.807, 2.05) is 19.3 Å². The van der Waals surface area contributed by atoms with Crippen molar-refractivity contribution in [3.63, 3.8) is 0 Å². The molecule has 1 heterocycles. The van der Waals surface area contributed by atoms with Crippen LogP contribution >= 0.6 is 0 Å². The van der Waals surface area contributed by atoms with Gasteiger partial charge in [-0.3, -0.25) is 4.79 Å². The Labute approximate surface area is 132 Å². The fourth-order valence-corrected chi connectivity index (χ4v) is 2.29. The summed E-state index contributed by atoms with van der Waals surface area (Å²) in [5, 5.41) is 2.56. The Morgan fingerprint density at radius 3 is 2.73 bits per heavy atom. The predicted molar refractivity (Wildman–Crippen MR) is 90.4 cm³/mol. The molecule has 0 aliphatic heterocycles. The fraction of sp³-hybridized carbons (Fsp3) is 0.444. The number of nitrogens with zero attached hydrogens (tertiary/aromatic N) is 2. The van der Waals surface area contributed by atoms with Gasteiger partial charge in [0.05, 0.1) is 0 Å². The Hall–Kier alpha value is -2.10. The van der Waals surface area contributed by atoms with Gasteiger partial charge < -0.3 is 10.2 Å². The topological polar surface area (TPSA) is 45.2 Å². The number of aryl methyl sites for hydroxylation is 1. The number of carbonyl (C=O) groups excluding carboxylic acids is 1. The van der Waals surface area contributed by atoms with Crippen molar-refractivity contribution in [1.29, 1.82) is 0 Å². The number of nitrogens with one attached hydrogen (secondary N) is 1. The van der Waals surface area contributed by atoms with E-state index < -0.39 is 0 Å². The third kappa shape index (κ3) is 4.72. The molecule has 1 aliphatic rings. The van der Waals surface area contributed by atoms with E-state index in [-0.39, 0.29) is 0 Å². The van der Waals surface area contributed by atoms with Crippen LogP contribution in [0.3, 0.4) is 0 Å². The summed E-state index contributed by atoms with van der Waals surface area (Å²) in [5.41, 5.74) is 3.80. The molecule has 1 aromatic rings. The molecule has 1 aromatic heterocycles. The van der Waals surface area contributed by atoms with Gasteiger partial charge in [-0.2, -0.15) is 0 Å². The van der Waals surface area contributed by atoms with Crippen LogP contribution in [-0.4, -0.2) is 18.4 Å². The van der Waals surface area contributed by atoms with Crippen molar-refractivity contribution < 1.29 is 4.79 Å². The third-order valence-corrected chi connectivity index (χ3v) is 3.79. The first kappa shape index (κ1) is 16.3. The van der Waals surface area contributed by atoms with Crippen LogP contribution < -0.4 is 10.2 Å². The second kappa shape index (κ2) is 7.78. The minimum absolute atomic E-state index is 0.674. The van der Waals surface area contributed by atoms with Gasteiger partial charge >= 0.3 is 0 Å². The van der Waals surface area contributed by atoms with E-state index >= 15 is 0 Å². The molecule has 2 rings (SSSR count). The molecule has 0 spiro atoms. The first-order valence-electron chi connectivity index (χ1n) is 7.88. The maximum absolute atomic E-state index is 10.4. The summed E-state index contributed by atoms with van der Waals surface area (Å²) in [6, 6.07) is 4.23. The van der Waals surface area contributed by atoms with Crippen LogP contribution in [0.1, 0.15) is 38.7 Å². The number of allylic oxidation sites excluding steroid dienone is 2. The quantitative estimate of drug-likeness (QED) is 0.748. The van der Waals surface area contributed by atoms with E-state index in [9.17, 15) is 4.79 Å². The molecule has 1 fully saturated rings. The van der Waals surface area contributed by atoms with Gasteiger partial charge in [-0.15, -0.1) is 0 Å². The first-order valence-corrected chi connectivity index (χ1v) is 7.88. The number of likely N-dealkylation sites (N-methyl/N-ethyl adjacent to an activating group) is 1.